The van der Waals surface area contributed by atoms with Gasteiger partial charge in [-0.1, -0.05) is 0 Å². The highest BCUT2D eigenvalue weighted by Gasteiger charge is 2.28. The molecule has 1 aliphatic rings. The van der Waals surface area contributed by atoms with Gasteiger partial charge in [0.25, 0.3) is 5.91 Å². The van der Waals surface area contributed by atoms with E-state index < -0.39 is 0 Å². The smallest absolute Gasteiger partial charge is 0.251 e. The highest BCUT2D eigenvalue weighted by Crippen LogP contribution is 2.25. The Hall–Kier alpha value is -2.28. The molecule has 4 heteroatoms. The number of amides is 1. The Morgan fingerprint density at radius 1 is 1.37 bits per heavy atom. The molecule has 96 valence electrons. The van der Waals surface area contributed by atoms with Crippen molar-refractivity contribution in [1.29, 1.82) is 5.26 Å². The molecule has 3 rings (SSSR count). The number of carbonyl (C=O) groups excluding carboxylic acids is 1. The lowest BCUT2D eigenvalue weighted by Crippen LogP contribution is -2.36. The summed E-state index contributed by atoms with van der Waals surface area (Å²) in [6.07, 6.45) is 4.66. The summed E-state index contributed by atoms with van der Waals surface area (Å²) >= 11 is 0. The number of nitrogens with one attached hydrogen (secondary N) is 2. The van der Waals surface area contributed by atoms with Crippen molar-refractivity contribution in [3.05, 3.63) is 36.0 Å². The SMILES string of the molecule is N#CC1CCCC1NC(=O)c1ccc2[nH]ccc2c1. The lowest BCUT2D eigenvalue weighted by molar-refractivity contribution is 0.0933. The Kier molecular flexibility index (Phi) is 2.96. The summed E-state index contributed by atoms with van der Waals surface area (Å²) in [6.45, 7) is 0. The summed E-state index contributed by atoms with van der Waals surface area (Å²) < 4.78 is 0. The monoisotopic (exact) mass is 253 g/mol. The van der Waals surface area contributed by atoms with Crippen LogP contribution in [0, 0.1) is 17.2 Å². The zero-order valence-corrected chi connectivity index (χ0v) is 10.5. The standard InChI is InChI=1S/C15H15N3O/c16-9-12-2-1-3-14(12)18-15(19)11-4-5-13-10(8-11)6-7-17-13/h4-8,12,14,17H,1-3H2,(H,18,19). The van der Waals surface area contributed by atoms with Crippen molar-refractivity contribution in [2.45, 2.75) is 25.3 Å². The molecule has 1 fully saturated rings. The number of benzene rings is 1. The van der Waals surface area contributed by atoms with Crippen LogP contribution in [0.3, 0.4) is 0 Å². The van der Waals surface area contributed by atoms with Crippen LogP contribution in [0.15, 0.2) is 30.5 Å². The summed E-state index contributed by atoms with van der Waals surface area (Å²) in [7, 11) is 0. The summed E-state index contributed by atoms with van der Waals surface area (Å²) in [5, 5.41) is 13.0. The predicted molar refractivity (Wildman–Crippen MR) is 72.5 cm³/mol. The van der Waals surface area contributed by atoms with Gasteiger partial charge < -0.3 is 10.3 Å². The van der Waals surface area contributed by atoms with Gasteiger partial charge in [0, 0.05) is 28.7 Å². The van der Waals surface area contributed by atoms with Gasteiger partial charge in [-0.2, -0.15) is 5.26 Å². The third-order valence-electron chi connectivity index (χ3n) is 3.81. The van der Waals surface area contributed by atoms with Crippen molar-refractivity contribution >= 4 is 16.8 Å². The van der Waals surface area contributed by atoms with E-state index in [1.807, 2.05) is 30.5 Å². The van der Waals surface area contributed by atoms with E-state index in [0.29, 0.717) is 5.56 Å². The quantitative estimate of drug-likeness (QED) is 0.863. The fraction of sp³-hybridized carbons (Fsp3) is 0.333. The molecule has 2 N–H and O–H groups in total. The van der Waals surface area contributed by atoms with Crippen LogP contribution in [0.2, 0.25) is 0 Å². The first kappa shape index (κ1) is 11.8. The zero-order chi connectivity index (χ0) is 13.2. The van der Waals surface area contributed by atoms with Crippen LogP contribution in [-0.4, -0.2) is 16.9 Å². The third kappa shape index (κ3) is 2.19. The van der Waals surface area contributed by atoms with E-state index >= 15 is 0 Å². The summed E-state index contributed by atoms with van der Waals surface area (Å²) in [6, 6.07) is 9.81. The molecule has 4 nitrogen and oxygen atoms in total. The fourth-order valence-corrected chi connectivity index (χ4v) is 2.73. The van der Waals surface area contributed by atoms with Gasteiger partial charge in [0.15, 0.2) is 0 Å². The zero-order valence-electron chi connectivity index (χ0n) is 10.5. The lowest BCUT2D eigenvalue weighted by Gasteiger charge is -2.15. The molecule has 2 unspecified atom stereocenters. The van der Waals surface area contributed by atoms with Gasteiger partial charge in [-0.05, 0) is 43.5 Å². The number of fused-ring (bicyclic) bond motifs is 1. The molecule has 1 heterocycles. The number of carbonyl (C=O) groups is 1. The van der Waals surface area contributed by atoms with Crippen molar-refractivity contribution in [2.75, 3.05) is 0 Å². The van der Waals surface area contributed by atoms with Gasteiger partial charge in [0.1, 0.15) is 0 Å². The van der Waals surface area contributed by atoms with E-state index in [0.717, 1.165) is 30.2 Å². The molecule has 2 atom stereocenters. The van der Waals surface area contributed by atoms with Crippen molar-refractivity contribution < 1.29 is 4.79 Å². The first-order valence-corrected chi connectivity index (χ1v) is 6.55. The van der Waals surface area contributed by atoms with Crippen LogP contribution in [0.5, 0.6) is 0 Å². The molecule has 1 aromatic carbocycles. The Morgan fingerprint density at radius 3 is 3.11 bits per heavy atom. The maximum atomic E-state index is 12.2. The molecule has 1 amide bonds. The van der Waals surface area contributed by atoms with Crippen LogP contribution in [-0.2, 0) is 0 Å². The van der Waals surface area contributed by atoms with Gasteiger partial charge in [-0.15, -0.1) is 0 Å². The second-order valence-corrected chi connectivity index (χ2v) is 5.03. The van der Waals surface area contributed by atoms with Gasteiger partial charge >= 0.3 is 0 Å². The second kappa shape index (κ2) is 4.77. The molecule has 0 saturated heterocycles. The highest BCUT2D eigenvalue weighted by molar-refractivity contribution is 5.98. The van der Waals surface area contributed by atoms with Gasteiger partial charge in [-0.25, -0.2) is 0 Å². The fourth-order valence-electron chi connectivity index (χ4n) is 2.73. The minimum atomic E-state index is -0.0877. The number of aromatic amines is 1. The number of aromatic nitrogens is 1. The molecule has 1 saturated carbocycles. The van der Waals surface area contributed by atoms with E-state index in [9.17, 15) is 4.79 Å². The average Bonchev–Trinajstić information content (AvgIpc) is 3.05. The number of nitriles is 1. The minimum Gasteiger partial charge on any atom is -0.361 e. The molecular formula is C15H15N3O. The number of nitrogens with zero attached hydrogens (tertiary/aromatic N) is 1. The van der Waals surface area contributed by atoms with Crippen LogP contribution >= 0.6 is 0 Å². The Labute approximate surface area is 111 Å². The third-order valence-corrected chi connectivity index (χ3v) is 3.81. The maximum Gasteiger partial charge on any atom is 0.251 e. The second-order valence-electron chi connectivity index (χ2n) is 5.03. The van der Waals surface area contributed by atoms with Crippen molar-refractivity contribution in [3.63, 3.8) is 0 Å². The van der Waals surface area contributed by atoms with Crippen LogP contribution in [0.1, 0.15) is 29.6 Å². The first-order chi connectivity index (χ1) is 9.28. The van der Waals surface area contributed by atoms with Gasteiger partial charge in [0.2, 0.25) is 0 Å². The van der Waals surface area contributed by atoms with Crippen molar-refractivity contribution in [2.24, 2.45) is 5.92 Å². The van der Waals surface area contributed by atoms with Crippen LogP contribution in [0.25, 0.3) is 10.9 Å². The van der Waals surface area contributed by atoms with Crippen molar-refractivity contribution in [1.82, 2.24) is 10.3 Å². The lowest BCUT2D eigenvalue weighted by atomic mass is 10.0. The van der Waals surface area contributed by atoms with E-state index in [4.69, 9.17) is 5.26 Å². The number of hydrogen-bond acceptors (Lipinski definition) is 2. The molecule has 2 aromatic rings. The number of hydrogen-bond donors (Lipinski definition) is 2. The topological polar surface area (TPSA) is 68.7 Å². The molecule has 1 aromatic heterocycles. The molecule has 0 radical (unpaired) electrons. The Balaban J connectivity index is 1.78. The van der Waals surface area contributed by atoms with E-state index in [1.54, 1.807) is 0 Å². The normalized spacial score (nSPS) is 22.3. The van der Waals surface area contributed by atoms with E-state index in [-0.39, 0.29) is 17.9 Å². The van der Waals surface area contributed by atoms with Gasteiger partial charge in [0.05, 0.1) is 12.0 Å². The van der Waals surface area contributed by atoms with E-state index in [1.165, 1.54) is 0 Å². The number of rotatable bonds is 2. The Morgan fingerprint density at radius 2 is 2.26 bits per heavy atom. The maximum absolute atomic E-state index is 12.2. The Bertz CT molecular complexity index is 653. The summed E-state index contributed by atoms with van der Waals surface area (Å²) in [5.41, 5.74) is 1.67. The van der Waals surface area contributed by atoms with Gasteiger partial charge in [-0.3, -0.25) is 4.79 Å². The average molecular weight is 253 g/mol. The summed E-state index contributed by atoms with van der Waals surface area (Å²) in [5.74, 6) is -0.129. The molecule has 19 heavy (non-hydrogen) atoms. The first-order valence-electron chi connectivity index (χ1n) is 6.55. The molecule has 0 bridgehead atoms. The van der Waals surface area contributed by atoms with Crippen molar-refractivity contribution in [3.8, 4) is 6.07 Å². The molecule has 0 aliphatic heterocycles. The summed E-state index contributed by atoms with van der Waals surface area (Å²) in [4.78, 5) is 15.3. The molecule has 0 spiro atoms. The molecular weight excluding hydrogens is 238 g/mol. The predicted octanol–water partition coefficient (Wildman–Crippen LogP) is 2.59. The molecule has 1 aliphatic carbocycles. The minimum absolute atomic E-state index is 0.000535. The van der Waals surface area contributed by atoms with E-state index in [2.05, 4.69) is 16.4 Å². The van der Waals surface area contributed by atoms with Crippen LogP contribution < -0.4 is 5.32 Å². The number of H-pyrrole nitrogens is 1. The highest BCUT2D eigenvalue weighted by atomic mass is 16.1. The van der Waals surface area contributed by atoms with Crippen LogP contribution in [0.4, 0.5) is 0 Å². The largest absolute Gasteiger partial charge is 0.361 e.